The third-order valence-corrected chi connectivity index (χ3v) is 11.5. The summed E-state index contributed by atoms with van der Waals surface area (Å²) in [6.45, 7) is 9.33. The van der Waals surface area contributed by atoms with Gasteiger partial charge in [0.1, 0.15) is 11.5 Å². The van der Waals surface area contributed by atoms with Gasteiger partial charge in [-0.05, 0) is 102 Å². The largest absolute Gasteiger partial charge is 0.506 e. The van der Waals surface area contributed by atoms with Crippen molar-refractivity contribution in [1.29, 1.82) is 0 Å². The van der Waals surface area contributed by atoms with Crippen LogP contribution in [0, 0.1) is 13.8 Å². The molecule has 0 saturated heterocycles. The summed E-state index contributed by atoms with van der Waals surface area (Å²) in [5, 5.41) is 9.97. The van der Waals surface area contributed by atoms with Crippen molar-refractivity contribution in [3.63, 3.8) is 0 Å². The molecular weight excluding hydrogens is 939 g/mol. The van der Waals surface area contributed by atoms with E-state index in [4.69, 9.17) is 33.0 Å². The van der Waals surface area contributed by atoms with Crippen LogP contribution >= 0.6 is 39.1 Å². The highest BCUT2D eigenvalue weighted by Gasteiger charge is 2.23. The van der Waals surface area contributed by atoms with Gasteiger partial charge in [-0.15, -0.1) is 0 Å². The molecule has 19 heteroatoms. The van der Waals surface area contributed by atoms with E-state index in [-0.39, 0.29) is 34.2 Å². The molecule has 16 nitrogen and oxygen atoms in total. The van der Waals surface area contributed by atoms with Gasteiger partial charge in [-0.1, -0.05) is 74.2 Å². The van der Waals surface area contributed by atoms with Crippen LogP contribution in [0.25, 0.3) is 22.3 Å². The third kappa shape index (κ3) is 11.3. The zero-order valence-corrected chi connectivity index (χ0v) is 39.9. The van der Waals surface area contributed by atoms with E-state index in [1.165, 1.54) is 24.5 Å². The van der Waals surface area contributed by atoms with Crippen LogP contribution in [0.3, 0.4) is 0 Å². The van der Waals surface area contributed by atoms with Crippen molar-refractivity contribution >= 4 is 61.5 Å². The van der Waals surface area contributed by atoms with Gasteiger partial charge in [-0.25, -0.2) is 14.6 Å². The smallest absolute Gasteiger partial charge is 0.332 e. The molecule has 8 rings (SSSR count). The molecule has 0 radical (unpaired) electrons. The molecule has 0 amide bonds. The molecule has 0 saturated carbocycles. The van der Waals surface area contributed by atoms with Crippen LogP contribution in [0.5, 0.6) is 17.5 Å². The minimum atomic E-state index is -0.393. The van der Waals surface area contributed by atoms with Gasteiger partial charge in [-0.2, -0.15) is 4.98 Å². The predicted molar refractivity (Wildman–Crippen MR) is 257 cm³/mol. The van der Waals surface area contributed by atoms with Gasteiger partial charge in [0.2, 0.25) is 0 Å². The van der Waals surface area contributed by atoms with Gasteiger partial charge in [0, 0.05) is 48.6 Å². The maximum atomic E-state index is 13.4. The summed E-state index contributed by atoms with van der Waals surface area (Å²) in [6.07, 6.45) is 6.29. The fraction of sp³-hybridized carbons (Fsp3) is 0.304. The molecule has 0 aliphatic carbocycles. The molecule has 0 fully saturated rings. The van der Waals surface area contributed by atoms with Crippen LogP contribution in [0.4, 0.5) is 0 Å². The summed E-state index contributed by atoms with van der Waals surface area (Å²) in [4.78, 5) is 68.6. The highest BCUT2D eigenvalue weighted by molar-refractivity contribution is 9.10. The number of nitrogens with zero attached hydrogens (tertiary/aromatic N) is 10. The number of rotatable bonds is 12. The minimum absolute atomic E-state index is 0.209. The van der Waals surface area contributed by atoms with Gasteiger partial charge in [0.25, 0.3) is 11.1 Å². The highest BCUT2D eigenvalue weighted by Crippen LogP contribution is 2.26. The summed E-state index contributed by atoms with van der Waals surface area (Å²) in [7, 11) is 3.25. The minimum Gasteiger partial charge on any atom is -0.506 e. The number of ether oxygens (including phenoxy) is 1. The SMILES string of the molecule is CCCCn1c(=O)c2c(nc(Br)n2Cc2ccc(Cl)cc2)n(C)c1=O.CCCCn1c(=O)c2c(nc(Oc3ccc(C)nc3)n2Cc2ccc(Cl)cc2)n(C)c1=O.Cc1ccc(O)cn1. The number of aryl methyl sites for hydroxylation is 4. The van der Waals surface area contributed by atoms with Crippen LogP contribution in [0.2, 0.25) is 10.0 Å². The second-order valence-corrected chi connectivity index (χ2v) is 16.8. The van der Waals surface area contributed by atoms with Crippen molar-refractivity contribution in [2.45, 2.75) is 79.6 Å². The van der Waals surface area contributed by atoms with Crippen LogP contribution in [0.1, 0.15) is 62.0 Å². The zero-order valence-electron chi connectivity index (χ0n) is 36.8. The number of hydrogen-bond donors (Lipinski definition) is 1. The first-order valence-electron chi connectivity index (χ1n) is 20.9. The Kier molecular flexibility index (Phi) is 16.0. The van der Waals surface area contributed by atoms with Crippen LogP contribution in [0.15, 0.2) is 109 Å². The van der Waals surface area contributed by atoms with Gasteiger partial charge in [-0.3, -0.25) is 42.4 Å². The molecule has 65 heavy (non-hydrogen) atoms. The molecule has 0 aliphatic heterocycles. The lowest BCUT2D eigenvalue weighted by Gasteiger charge is -2.11. The van der Waals surface area contributed by atoms with Crippen LogP contribution in [-0.2, 0) is 40.3 Å². The maximum absolute atomic E-state index is 13.4. The first-order valence-corrected chi connectivity index (χ1v) is 22.4. The quantitative estimate of drug-likeness (QED) is 0.118. The van der Waals surface area contributed by atoms with E-state index in [0.717, 1.165) is 48.2 Å². The summed E-state index contributed by atoms with van der Waals surface area (Å²) < 4.78 is 15.4. The topological polar surface area (TPSA) is 179 Å². The molecule has 0 unspecified atom stereocenters. The van der Waals surface area contributed by atoms with Crippen molar-refractivity contribution in [1.82, 2.24) is 47.3 Å². The molecule has 6 heterocycles. The Bertz CT molecular complexity index is 3140. The maximum Gasteiger partial charge on any atom is 0.332 e. The normalized spacial score (nSPS) is 11.0. The first-order chi connectivity index (χ1) is 31.1. The van der Waals surface area contributed by atoms with Crippen molar-refractivity contribution in [3.05, 3.63) is 164 Å². The lowest BCUT2D eigenvalue weighted by atomic mass is 10.2. The van der Waals surface area contributed by atoms with E-state index < -0.39 is 5.69 Å². The van der Waals surface area contributed by atoms with E-state index in [0.29, 0.717) is 63.4 Å². The molecule has 0 atom stereocenters. The van der Waals surface area contributed by atoms with Gasteiger partial charge in [0.05, 0.1) is 25.5 Å². The Labute approximate surface area is 392 Å². The standard InChI is InChI=1S/C23H24ClN5O3.C17H18BrClN4O2.C6H7NO/c1-4-5-12-28-21(30)19-20(27(3)23(28)31)26-22(32-18-11-6-15(2)25-13-18)29(19)14-16-7-9-17(24)10-8-16;1-3-4-9-22-15(24)13-14(21(2)17(22)25)20-16(18)23(13)10-11-5-7-12(19)8-6-11;1-5-2-3-6(8)4-7-5/h6-11,13H,4-5,12,14H2,1-3H3;5-8H,3-4,9-10H2,1-2H3;2-4,8H,1H3. The summed E-state index contributed by atoms with van der Waals surface area (Å²) in [5.41, 5.74) is 3.63. The van der Waals surface area contributed by atoms with Crippen molar-refractivity contribution in [2.75, 3.05) is 0 Å². The van der Waals surface area contributed by atoms with E-state index in [9.17, 15) is 19.2 Å². The number of fused-ring (bicyclic) bond motifs is 2. The Hall–Kier alpha value is -6.30. The summed E-state index contributed by atoms with van der Waals surface area (Å²) in [6, 6.07) is 21.9. The molecule has 6 aromatic heterocycles. The molecule has 8 aromatic rings. The number of unbranched alkanes of at least 4 members (excludes halogenated alkanes) is 2. The van der Waals surface area contributed by atoms with Crippen LogP contribution in [-0.4, -0.2) is 52.4 Å². The second-order valence-electron chi connectivity index (χ2n) is 15.2. The molecule has 1 N–H and O–H groups in total. The number of pyridine rings is 2. The van der Waals surface area contributed by atoms with E-state index in [1.807, 2.05) is 58.0 Å². The highest BCUT2D eigenvalue weighted by atomic mass is 79.9. The van der Waals surface area contributed by atoms with E-state index in [1.54, 1.807) is 71.9 Å². The molecular formula is C46H49BrCl2N10O6. The molecule has 0 bridgehead atoms. The van der Waals surface area contributed by atoms with Crippen molar-refractivity contribution < 1.29 is 9.84 Å². The Morgan fingerprint density at radius 3 is 1.52 bits per heavy atom. The number of aromatic nitrogens is 10. The predicted octanol–water partition coefficient (Wildman–Crippen LogP) is 8.15. The number of imidazole rings is 2. The fourth-order valence-electron chi connectivity index (χ4n) is 6.72. The third-order valence-electron chi connectivity index (χ3n) is 10.4. The molecule has 2 aromatic carbocycles. The van der Waals surface area contributed by atoms with E-state index >= 15 is 0 Å². The number of halogens is 3. The Morgan fingerprint density at radius 2 is 1.08 bits per heavy atom. The number of hydrogen-bond acceptors (Lipinski definition) is 10. The average molecular weight is 989 g/mol. The number of benzene rings is 2. The second kappa shape index (κ2) is 21.6. The van der Waals surface area contributed by atoms with Gasteiger partial charge < -0.3 is 14.4 Å². The van der Waals surface area contributed by atoms with Gasteiger partial charge in [0.15, 0.2) is 27.1 Å². The monoisotopic (exact) mass is 986 g/mol. The Balaban J connectivity index is 0.000000188. The lowest BCUT2D eigenvalue weighted by Crippen LogP contribution is -2.39. The molecule has 340 valence electrons. The van der Waals surface area contributed by atoms with Gasteiger partial charge >= 0.3 is 17.4 Å². The zero-order chi connectivity index (χ0) is 46.9. The first kappa shape index (κ1) is 48.2. The molecule has 0 spiro atoms. The van der Waals surface area contributed by atoms with Crippen molar-refractivity contribution in [3.8, 4) is 17.5 Å². The lowest BCUT2D eigenvalue weighted by molar-refractivity contribution is 0.419. The fourth-order valence-corrected chi connectivity index (χ4v) is 7.44. The van der Waals surface area contributed by atoms with Crippen molar-refractivity contribution in [2.24, 2.45) is 14.1 Å². The van der Waals surface area contributed by atoms with Crippen LogP contribution < -0.4 is 27.2 Å². The number of aromatic hydroxyl groups is 1. The molecule has 0 aliphatic rings. The van der Waals surface area contributed by atoms with E-state index in [2.05, 4.69) is 35.9 Å². The summed E-state index contributed by atoms with van der Waals surface area (Å²) in [5.74, 6) is 0.704. The summed E-state index contributed by atoms with van der Waals surface area (Å²) >= 11 is 15.4. The average Bonchev–Trinajstić information content (AvgIpc) is 3.82. The Morgan fingerprint density at radius 1 is 0.615 bits per heavy atom.